The summed E-state index contributed by atoms with van der Waals surface area (Å²) in [7, 11) is 0. The minimum absolute atomic E-state index is 0.0123. The van der Waals surface area contributed by atoms with Crippen molar-refractivity contribution in [3.8, 4) is 0 Å². The fourth-order valence-electron chi connectivity index (χ4n) is 2.06. The molecule has 0 aliphatic rings. The summed E-state index contributed by atoms with van der Waals surface area (Å²) in [6.45, 7) is 1.89. The van der Waals surface area contributed by atoms with E-state index in [4.69, 9.17) is 5.11 Å². The van der Waals surface area contributed by atoms with Gasteiger partial charge >= 0.3 is 5.97 Å². The number of nitrogens with zero attached hydrogens (tertiary/aromatic N) is 1. The molecule has 2 rings (SSSR count). The van der Waals surface area contributed by atoms with Crippen LogP contribution in [0, 0.1) is 10.1 Å². The zero-order valence-electron chi connectivity index (χ0n) is 12.0. The van der Waals surface area contributed by atoms with Crippen LogP contribution in [-0.2, 0) is 17.6 Å². The van der Waals surface area contributed by atoms with Crippen molar-refractivity contribution in [1.82, 2.24) is 0 Å². The van der Waals surface area contributed by atoms with E-state index in [9.17, 15) is 14.9 Å². The molecule has 114 valence electrons. The normalized spacial score (nSPS) is 10.4. The molecule has 0 bridgehead atoms. The summed E-state index contributed by atoms with van der Waals surface area (Å²) in [5.74, 6) is -0.869. The second-order valence-electron chi connectivity index (χ2n) is 4.72. The maximum absolute atomic E-state index is 11.1. The molecule has 2 aromatic carbocycles. The number of hydrogen-bond acceptors (Lipinski definition) is 4. The van der Waals surface area contributed by atoms with Crippen molar-refractivity contribution in [2.24, 2.45) is 0 Å². The number of benzene rings is 2. The molecule has 0 aliphatic heterocycles. The zero-order chi connectivity index (χ0) is 16.1. The van der Waals surface area contributed by atoms with Gasteiger partial charge in [0.05, 0.1) is 11.3 Å². The Kier molecular flexibility index (Phi) is 5.16. The average Bonchev–Trinajstić information content (AvgIpc) is 2.48. The summed E-state index contributed by atoms with van der Waals surface area (Å²) in [4.78, 5) is 23.0. The number of carbonyl (C=O) groups is 1. The van der Waals surface area contributed by atoms with Crippen molar-refractivity contribution in [2.45, 2.75) is 29.6 Å². The van der Waals surface area contributed by atoms with E-state index < -0.39 is 5.97 Å². The van der Waals surface area contributed by atoms with Gasteiger partial charge in [-0.1, -0.05) is 36.9 Å². The Morgan fingerprint density at radius 3 is 2.36 bits per heavy atom. The summed E-state index contributed by atoms with van der Waals surface area (Å²) < 4.78 is 0. The lowest BCUT2D eigenvalue weighted by atomic mass is 10.1. The van der Waals surface area contributed by atoms with Gasteiger partial charge in [0.25, 0.3) is 5.69 Å². The maximum Gasteiger partial charge on any atom is 0.307 e. The first-order chi connectivity index (χ1) is 10.5. The summed E-state index contributed by atoms with van der Waals surface area (Å²) >= 11 is 1.41. The van der Waals surface area contributed by atoms with E-state index in [1.165, 1.54) is 11.8 Å². The van der Waals surface area contributed by atoms with Gasteiger partial charge in [-0.15, -0.1) is 0 Å². The Balaban J connectivity index is 2.18. The predicted octanol–water partition coefficient (Wildman–Crippen LogP) is 3.94. The number of nitro groups is 1. The van der Waals surface area contributed by atoms with Crippen molar-refractivity contribution in [2.75, 3.05) is 0 Å². The number of nitro benzene ring substituents is 1. The molecule has 0 fully saturated rings. The van der Waals surface area contributed by atoms with E-state index in [0.29, 0.717) is 12.0 Å². The Bertz CT molecular complexity index is 698. The standard InChI is InChI=1S/C16H15NO4S/c1-2-12-5-8-14(10-15(12)17(20)21)22-13-6-3-11(4-7-13)9-16(18)19/h3-8,10H,2,9H2,1H3,(H,18,19). The highest BCUT2D eigenvalue weighted by molar-refractivity contribution is 7.99. The first kappa shape index (κ1) is 16.0. The number of hydrogen-bond donors (Lipinski definition) is 1. The second-order valence-corrected chi connectivity index (χ2v) is 5.86. The highest BCUT2D eigenvalue weighted by atomic mass is 32.2. The smallest absolute Gasteiger partial charge is 0.307 e. The van der Waals surface area contributed by atoms with E-state index in [1.54, 1.807) is 24.3 Å². The van der Waals surface area contributed by atoms with Crippen LogP contribution < -0.4 is 0 Å². The molecule has 6 heteroatoms. The van der Waals surface area contributed by atoms with E-state index in [0.717, 1.165) is 15.4 Å². The molecule has 22 heavy (non-hydrogen) atoms. The third-order valence-corrected chi connectivity index (χ3v) is 4.15. The third kappa shape index (κ3) is 4.08. The number of aryl methyl sites for hydroxylation is 1. The molecule has 0 saturated carbocycles. The fourth-order valence-corrected chi connectivity index (χ4v) is 2.91. The van der Waals surface area contributed by atoms with Crippen molar-refractivity contribution < 1.29 is 14.8 Å². The van der Waals surface area contributed by atoms with E-state index in [-0.39, 0.29) is 17.0 Å². The topological polar surface area (TPSA) is 80.4 Å². The van der Waals surface area contributed by atoms with Crippen molar-refractivity contribution in [1.29, 1.82) is 0 Å². The highest BCUT2D eigenvalue weighted by Gasteiger charge is 2.13. The molecule has 2 aromatic rings. The third-order valence-electron chi connectivity index (χ3n) is 3.15. The van der Waals surface area contributed by atoms with Gasteiger partial charge in [0.2, 0.25) is 0 Å². The van der Waals surface area contributed by atoms with Gasteiger partial charge in [-0.3, -0.25) is 14.9 Å². The molecule has 0 aliphatic carbocycles. The van der Waals surface area contributed by atoms with Crippen LogP contribution in [0.1, 0.15) is 18.1 Å². The van der Waals surface area contributed by atoms with Gasteiger partial charge in [-0.05, 0) is 30.2 Å². The maximum atomic E-state index is 11.1. The first-order valence-corrected chi connectivity index (χ1v) is 7.57. The molecule has 0 spiro atoms. The van der Waals surface area contributed by atoms with Crippen LogP contribution in [-0.4, -0.2) is 16.0 Å². The lowest BCUT2D eigenvalue weighted by Gasteiger charge is -2.05. The van der Waals surface area contributed by atoms with Gasteiger partial charge in [0, 0.05) is 21.4 Å². The van der Waals surface area contributed by atoms with Crippen LogP contribution in [0.5, 0.6) is 0 Å². The Labute approximate surface area is 132 Å². The molecule has 0 unspecified atom stereocenters. The van der Waals surface area contributed by atoms with Gasteiger partial charge in [-0.25, -0.2) is 0 Å². The summed E-state index contributed by atoms with van der Waals surface area (Å²) in [5, 5.41) is 19.8. The number of rotatable bonds is 6. The van der Waals surface area contributed by atoms with Crippen LogP contribution >= 0.6 is 11.8 Å². The minimum atomic E-state index is -0.869. The molecule has 0 amide bonds. The second kappa shape index (κ2) is 7.09. The largest absolute Gasteiger partial charge is 0.481 e. The summed E-state index contributed by atoms with van der Waals surface area (Å²) in [5.41, 5.74) is 1.57. The Hall–Kier alpha value is -2.34. The number of carboxylic acid groups (broad SMARTS) is 1. The Morgan fingerprint density at radius 1 is 1.18 bits per heavy atom. The SMILES string of the molecule is CCc1ccc(Sc2ccc(CC(=O)O)cc2)cc1[N+](=O)[O-]. The average molecular weight is 317 g/mol. The van der Waals surface area contributed by atoms with Crippen LogP contribution in [0.25, 0.3) is 0 Å². The molecule has 0 atom stereocenters. The summed E-state index contributed by atoms with van der Waals surface area (Å²) in [6.07, 6.45) is 0.604. The van der Waals surface area contributed by atoms with Crippen LogP contribution in [0.3, 0.4) is 0 Å². The van der Waals surface area contributed by atoms with Gasteiger partial charge in [0.15, 0.2) is 0 Å². The monoisotopic (exact) mass is 317 g/mol. The van der Waals surface area contributed by atoms with Gasteiger partial charge in [0.1, 0.15) is 0 Å². The highest BCUT2D eigenvalue weighted by Crippen LogP contribution is 2.32. The molecular weight excluding hydrogens is 302 g/mol. The van der Waals surface area contributed by atoms with Crippen molar-refractivity contribution in [3.63, 3.8) is 0 Å². The zero-order valence-corrected chi connectivity index (χ0v) is 12.8. The van der Waals surface area contributed by atoms with E-state index in [1.807, 2.05) is 25.1 Å². The van der Waals surface area contributed by atoms with Gasteiger partial charge < -0.3 is 5.11 Å². The molecule has 1 N–H and O–H groups in total. The fraction of sp³-hybridized carbons (Fsp3) is 0.188. The van der Waals surface area contributed by atoms with Gasteiger partial charge in [-0.2, -0.15) is 0 Å². The van der Waals surface area contributed by atoms with E-state index >= 15 is 0 Å². The molecule has 0 saturated heterocycles. The summed E-state index contributed by atoms with van der Waals surface area (Å²) in [6, 6.07) is 12.4. The van der Waals surface area contributed by atoms with E-state index in [2.05, 4.69) is 0 Å². The van der Waals surface area contributed by atoms with Crippen LogP contribution in [0.4, 0.5) is 5.69 Å². The van der Waals surface area contributed by atoms with Crippen LogP contribution in [0.2, 0.25) is 0 Å². The quantitative estimate of drug-likeness (QED) is 0.645. The lowest BCUT2D eigenvalue weighted by Crippen LogP contribution is -1.99. The number of carboxylic acids is 1. The van der Waals surface area contributed by atoms with Crippen molar-refractivity contribution >= 4 is 23.4 Å². The predicted molar refractivity (Wildman–Crippen MR) is 84.4 cm³/mol. The molecule has 5 nitrogen and oxygen atoms in total. The molecule has 0 aromatic heterocycles. The minimum Gasteiger partial charge on any atom is -0.481 e. The molecule has 0 radical (unpaired) electrons. The lowest BCUT2D eigenvalue weighted by molar-refractivity contribution is -0.385. The van der Waals surface area contributed by atoms with Crippen LogP contribution in [0.15, 0.2) is 52.3 Å². The first-order valence-electron chi connectivity index (χ1n) is 6.75. The molecule has 0 heterocycles. The van der Waals surface area contributed by atoms with Crippen molar-refractivity contribution in [3.05, 3.63) is 63.7 Å². The number of aliphatic carboxylic acids is 1. The molecular formula is C16H15NO4S. The Morgan fingerprint density at radius 2 is 1.82 bits per heavy atom.